The average Bonchev–Trinajstić information content (AvgIpc) is 3.61. The molecule has 0 N–H and O–H groups in total. The van der Waals surface area contributed by atoms with Gasteiger partial charge in [-0.05, 0) is 69.1 Å². The highest BCUT2D eigenvalue weighted by molar-refractivity contribution is 5.76. The first-order valence-electron chi connectivity index (χ1n) is 13.3. The molecular formula is C25H31N7O2. The van der Waals surface area contributed by atoms with E-state index in [0.29, 0.717) is 34.6 Å². The SMILES string of the molecule is O=C(N1CC(C23CC(c4nnc(C5CC5)o4)(C2)C3)C1)N1CC2(CC(n3cnc(C4CC4)n3)C2)C1. The quantitative estimate of drug-likeness (QED) is 0.679. The molecule has 2 amide bonds. The van der Waals surface area contributed by atoms with E-state index in [1.54, 1.807) is 0 Å². The van der Waals surface area contributed by atoms with Gasteiger partial charge < -0.3 is 14.2 Å². The molecule has 1 spiro atoms. The van der Waals surface area contributed by atoms with Crippen LogP contribution in [0.15, 0.2) is 10.7 Å². The fourth-order valence-corrected chi connectivity index (χ4v) is 7.97. The van der Waals surface area contributed by atoms with Gasteiger partial charge >= 0.3 is 6.03 Å². The van der Waals surface area contributed by atoms with Crippen LogP contribution in [0, 0.1) is 16.7 Å². The van der Waals surface area contributed by atoms with Gasteiger partial charge in [0, 0.05) is 43.4 Å². The molecule has 0 radical (unpaired) electrons. The molecule has 8 aliphatic rings. The molecule has 0 unspecified atom stereocenters. The third-order valence-corrected chi connectivity index (χ3v) is 10.4. The average molecular weight is 462 g/mol. The summed E-state index contributed by atoms with van der Waals surface area (Å²) in [4.78, 5) is 21.7. The van der Waals surface area contributed by atoms with Crippen molar-refractivity contribution in [1.29, 1.82) is 0 Å². The molecule has 2 bridgehead atoms. The lowest BCUT2D eigenvalue weighted by molar-refractivity contribution is -0.217. The van der Waals surface area contributed by atoms with Gasteiger partial charge in [0.05, 0.1) is 11.5 Å². The molecule has 10 rings (SSSR count). The number of urea groups is 1. The van der Waals surface area contributed by atoms with Gasteiger partial charge in [0.1, 0.15) is 6.33 Å². The van der Waals surface area contributed by atoms with E-state index in [9.17, 15) is 4.79 Å². The van der Waals surface area contributed by atoms with Crippen LogP contribution in [0.4, 0.5) is 4.79 Å². The third-order valence-electron chi connectivity index (χ3n) is 10.4. The molecule has 0 aromatic carbocycles. The summed E-state index contributed by atoms with van der Waals surface area (Å²) < 4.78 is 8.11. The monoisotopic (exact) mass is 461 g/mol. The summed E-state index contributed by atoms with van der Waals surface area (Å²) in [6, 6.07) is 0.732. The van der Waals surface area contributed by atoms with E-state index in [2.05, 4.69) is 29.7 Å². The van der Waals surface area contributed by atoms with Gasteiger partial charge in [-0.1, -0.05) is 0 Å². The largest absolute Gasteiger partial charge is 0.424 e. The van der Waals surface area contributed by atoms with Crippen LogP contribution < -0.4 is 0 Å². The molecule has 0 atom stereocenters. The lowest BCUT2D eigenvalue weighted by Gasteiger charge is -2.74. The lowest BCUT2D eigenvalue weighted by Crippen LogP contribution is -2.74. The van der Waals surface area contributed by atoms with Crippen LogP contribution >= 0.6 is 0 Å². The molecule has 2 aliphatic heterocycles. The van der Waals surface area contributed by atoms with Gasteiger partial charge in [-0.15, -0.1) is 10.2 Å². The van der Waals surface area contributed by atoms with Crippen molar-refractivity contribution in [2.75, 3.05) is 26.2 Å². The van der Waals surface area contributed by atoms with E-state index >= 15 is 0 Å². The minimum absolute atomic E-state index is 0.165. The molecular weight excluding hydrogens is 430 g/mol. The molecule has 34 heavy (non-hydrogen) atoms. The number of rotatable bonds is 5. The van der Waals surface area contributed by atoms with E-state index in [4.69, 9.17) is 9.52 Å². The Kier molecular flexibility index (Phi) is 3.24. The molecule has 9 heteroatoms. The molecule has 4 heterocycles. The Morgan fingerprint density at radius 3 is 2.41 bits per heavy atom. The topological polar surface area (TPSA) is 93.2 Å². The van der Waals surface area contributed by atoms with Crippen LogP contribution in [0.2, 0.25) is 0 Å². The van der Waals surface area contributed by atoms with Crippen molar-refractivity contribution in [3.63, 3.8) is 0 Å². The minimum atomic E-state index is 0.165. The molecule has 2 aromatic heterocycles. The van der Waals surface area contributed by atoms with Crippen LogP contribution in [0.3, 0.4) is 0 Å². The number of hydrogen-bond acceptors (Lipinski definition) is 6. The number of carbonyl (C=O) groups is 1. The van der Waals surface area contributed by atoms with Crippen LogP contribution in [-0.4, -0.2) is 67.0 Å². The molecule has 6 saturated carbocycles. The second kappa shape index (κ2) is 5.85. The number of amides is 2. The fourth-order valence-electron chi connectivity index (χ4n) is 7.97. The first-order valence-corrected chi connectivity index (χ1v) is 13.3. The maximum absolute atomic E-state index is 13.0. The van der Waals surface area contributed by atoms with Gasteiger partial charge in [-0.2, -0.15) is 5.10 Å². The van der Waals surface area contributed by atoms with E-state index in [0.717, 1.165) is 56.6 Å². The van der Waals surface area contributed by atoms with Crippen molar-refractivity contribution in [2.45, 2.75) is 81.1 Å². The van der Waals surface area contributed by atoms with Gasteiger partial charge in [-0.3, -0.25) is 0 Å². The highest BCUT2D eigenvalue weighted by atomic mass is 16.4. The summed E-state index contributed by atoms with van der Waals surface area (Å²) in [6.07, 6.45) is 12.6. The summed E-state index contributed by atoms with van der Waals surface area (Å²) >= 11 is 0. The molecule has 6 aliphatic carbocycles. The van der Waals surface area contributed by atoms with Gasteiger partial charge in [0.25, 0.3) is 0 Å². The highest BCUT2D eigenvalue weighted by Crippen LogP contribution is 2.77. The van der Waals surface area contributed by atoms with Gasteiger partial charge in [0.15, 0.2) is 5.82 Å². The Bertz CT molecular complexity index is 1170. The minimum Gasteiger partial charge on any atom is -0.424 e. The van der Waals surface area contributed by atoms with Crippen LogP contribution in [-0.2, 0) is 5.41 Å². The summed E-state index contributed by atoms with van der Waals surface area (Å²) in [5, 5.41) is 13.4. The van der Waals surface area contributed by atoms with Crippen molar-refractivity contribution < 1.29 is 9.21 Å². The van der Waals surface area contributed by atoms with Crippen molar-refractivity contribution in [3.05, 3.63) is 23.9 Å². The first kappa shape index (κ1) is 18.8. The lowest BCUT2D eigenvalue weighted by atomic mass is 9.31. The first-order chi connectivity index (χ1) is 16.5. The maximum atomic E-state index is 13.0. The molecule has 178 valence electrons. The normalized spacial score (nSPS) is 35.9. The Morgan fingerprint density at radius 1 is 0.971 bits per heavy atom. The Balaban J connectivity index is 0.757. The van der Waals surface area contributed by atoms with Crippen LogP contribution in [0.25, 0.3) is 0 Å². The number of carbonyl (C=O) groups excluding carboxylic acids is 1. The number of hydrogen-bond donors (Lipinski definition) is 0. The van der Waals surface area contributed by atoms with Crippen molar-refractivity contribution in [2.24, 2.45) is 16.7 Å². The predicted molar refractivity (Wildman–Crippen MR) is 119 cm³/mol. The molecule has 9 nitrogen and oxygen atoms in total. The van der Waals surface area contributed by atoms with Gasteiger partial charge in [-0.25, -0.2) is 14.5 Å². The number of nitrogens with zero attached hydrogens (tertiary/aromatic N) is 7. The van der Waals surface area contributed by atoms with E-state index in [1.165, 1.54) is 44.9 Å². The fraction of sp³-hybridized carbons (Fsp3) is 0.800. The predicted octanol–water partition coefficient (Wildman–Crippen LogP) is 3.23. The van der Waals surface area contributed by atoms with Gasteiger partial charge in [0.2, 0.25) is 11.8 Å². The third kappa shape index (κ3) is 2.43. The number of aromatic nitrogens is 5. The Hall–Kier alpha value is -2.45. The summed E-state index contributed by atoms with van der Waals surface area (Å²) in [6.45, 7) is 3.70. The molecule has 8 fully saturated rings. The zero-order valence-electron chi connectivity index (χ0n) is 19.5. The zero-order valence-corrected chi connectivity index (χ0v) is 19.5. The second-order valence-electron chi connectivity index (χ2n) is 13.1. The second-order valence-corrected chi connectivity index (χ2v) is 13.1. The summed E-state index contributed by atoms with van der Waals surface area (Å²) in [5.74, 6) is 4.59. The van der Waals surface area contributed by atoms with E-state index < -0.39 is 0 Å². The van der Waals surface area contributed by atoms with Crippen molar-refractivity contribution in [1.82, 2.24) is 34.8 Å². The Morgan fingerprint density at radius 2 is 1.71 bits per heavy atom. The van der Waals surface area contributed by atoms with Crippen LogP contribution in [0.1, 0.15) is 93.3 Å². The standard InChI is InChI=1S/C25H31N7O2/c33-22(31-12-23(13-31)5-18(6-23)32-14-26-19(29-32)15-1-2-15)30-7-17(8-30)24-9-25(10-24,11-24)21-28-27-20(34-21)16-3-4-16/h14-18H,1-13H2. The van der Waals surface area contributed by atoms with Crippen molar-refractivity contribution in [3.8, 4) is 0 Å². The Labute approximate surface area is 198 Å². The molecule has 2 aromatic rings. The van der Waals surface area contributed by atoms with Crippen molar-refractivity contribution >= 4 is 6.03 Å². The number of likely N-dealkylation sites (tertiary alicyclic amines) is 2. The zero-order chi connectivity index (χ0) is 22.3. The van der Waals surface area contributed by atoms with E-state index in [-0.39, 0.29) is 11.4 Å². The smallest absolute Gasteiger partial charge is 0.320 e. The summed E-state index contributed by atoms with van der Waals surface area (Å²) in [7, 11) is 0. The maximum Gasteiger partial charge on any atom is 0.320 e. The van der Waals surface area contributed by atoms with E-state index in [1.807, 2.05) is 6.33 Å². The van der Waals surface area contributed by atoms with Crippen LogP contribution in [0.5, 0.6) is 0 Å². The highest BCUT2D eigenvalue weighted by Gasteiger charge is 2.74. The summed E-state index contributed by atoms with van der Waals surface area (Å²) in [5.41, 5.74) is 0.929. The molecule has 2 saturated heterocycles.